The van der Waals surface area contributed by atoms with Gasteiger partial charge in [0.1, 0.15) is 5.54 Å². The van der Waals surface area contributed by atoms with Gasteiger partial charge in [0.05, 0.1) is 5.69 Å². The number of imide groups is 1. The average Bonchev–Trinajstić information content (AvgIpc) is 3.30. The Kier molecular flexibility index (Phi) is 4.18. The number of likely N-dealkylation sites (tertiary alicyclic amines) is 1. The molecule has 4 amide bonds. The number of rotatable bonds is 3. The Hall–Kier alpha value is -3.16. The van der Waals surface area contributed by atoms with Crippen LogP contribution in [0.3, 0.4) is 0 Å². The van der Waals surface area contributed by atoms with Crippen molar-refractivity contribution in [3.8, 4) is 5.69 Å². The minimum absolute atomic E-state index is 0.0772. The van der Waals surface area contributed by atoms with Crippen LogP contribution in [0.1, 0.15) is 30.1 Å². The first-order chi connectivity index (χ1) is 13.0. The SMILES string of the molecule is CCN1C(=O)NC(=O)C12CCN(C(=O)c1cccc(-n3cccn3)c1)CC2. The molecular weight excluding hydrogens is 346 g/mol. The lowest BCUT2D eigenvalue weighted by Gasteiger charge is -2.41. The molecule has 140 valence electrons. The first kappa shape index (κ1) is 17.3. The Bertz CT molecular complexity index is 885. The molecule has 8 heteroatoms. The van der Waals surface area contributed by atoms with Crippen LogP contribution in [0.2, 0.25) is 0 Å². The molecule has 3 heterocycles. The molecule has 2 aliphatic heterocycles. The molecule has 1 aromatic carbocycles. The van der Waals surface area contributed by atoms with Crippen LogP contribution in [0.5, 0.6) is 0 Å². The Morgan fingerprint density at radius 3 is 2.67 bits per heavy atom. The van der Waals surface area contributed by atoms with Gasteiger partial charge in [-0.2, -0.15) is 5.10 Å². The van der Waals surface area contributed by atoms with Gasteiger partial charge in [-0.05, 0) is 44.0 Å². The van der Waals surface area contributed by atoms with Gasteiger partial charge in [0.25, 0.3) is 11.8 Å². The molecule has 2 saturated heterocycles. The van der Waals surface area contributed by atoms with E-state index in [9.17, 15) is 14.4 Å². The summed E-state index contributed by atoms with van der Waals surface area (Å²) in [6, 6.07) is 8.80. The molecule has 0 saturated carbocycles. The number of carbonyl (C=O) groups excluding carboxylic acids is 3. The normalized spacial score (nSPS) is 18.9. The quantitative estimate of drug-likeness (QED) is 0.831. The van der Waals surface area contributed by atoms with Crippen molar-refractivity contribution in [2.24, 2.45) is 0 Å². The third-order valence-electron chi connectivity index (χ3n) is 5.46. The third-order valence-corrected chi connectivity index (χ3v) is 5.46. The fraction of sp³-hybridized carbons (Fsp3) is 0.368. The van der Waals surface area contributed by atoms with Gasteiger partial charge in [-0.15, -0.1) is 0 Å². The monoisotopic (exact) mass is 367 g/mol. The lowest BCUT2D eigenvalue weighted by Crippen LogP contribution is -2.57. The van der Waals surface area contributed by atoms with Crippen molar-refractivity contribution in [3.05, 3.63) is 48.3 Å². The van der Waals surface area contributed by atoms with Crippen LogP contribution < -0.4 is 5.32 Å². The molecule has 8 nitrogen and oxygen atoms in total. The van der Waals surface area contributed by atoms with E-state index < -0.39 is 5.54 Å². The van der Waals surface area contributed by atoms with E-state index >= 15 is 0 Å². The van der Waals surface area contributed by atoms with Gasteiger partial charge in [0.15, 0.2) is 0 Å². The molecule has 1 spiro atoms. The molecule has 27 heavy (non-hydrogen) atoms. The van der Waals surface area contributed by atoms with Crippen molar-refractivity contribution in [1.82, 2.24) is 24.9 Å². The van der Waals surface area contributed by atoms with Crippen LogP contribution >= 0.6 is 0 Å². The maximum atomic E-state index is 12.9. The van der Waals surface area contributed by atoms with Gasteiger partial charge >= 0.3 is 6.03 Å². The summed E-state index contributed by atoms with van der Waals surface area (Å²) in [6.07, 6.45) is 4.40. The fourth-order valence-corrected chi connectivity index (χ4v) is 4.01. The zero-order valence-corrected chi connectivity index (χ0v) is 15.1. The molecule has 4 rings (SSSR count). The van der Waals surface area contributed by atoms with Crippen molar-refractivity contribution >= 4 is 17.8 Å². The smallest absolute Gasteiger partial charge is 0.325 e. The minimum Gasteiger partial charge on any atom is -0.338 e. The summed E-state index contributed by atoms with van der Waals surface area (Å²) < 4.78 is 1.70. The number of hydrogen-bond donors (Lipinski definition) is 1. The summed E-state index contributed by atoms with van der Waals surface area (Å²) in [7, 11) is 0. The standard InChI is InChI=1S/C19H21N5O3/c1-2-23-18(27)21-17(26)19(23)7-11-22(12-8-19)16(25)14-5-3-6-15(13-14)24-10-4-9-20-24/h3-6,9-10,13H,2,7-8,11-12H2,1H3,(H,21,26,27). The van der Waals surface area contributed by atoms with Crippen LogP contribution in [-0.4, -0.2) is 62.6 Å². The van der Waals surface area contributed by atoms with Crippen molar-refractivity contribution in [2.75, 3.05) is 19.6 Å². The number of amides is 4. The highest BCUT2D eigenvalue weighted by molar-refractivity contribution is 6.07. The van der Waals surface area contributed by atoms with Crippen LogP contribution in [-0.2, 0) is 4.79 Å². The molecule has 2 fully saturated rings. The lowest BCUT2D eigenvalue weighted by atomic mass is 9.86. The second-order valence-corrected chi connectivity index (χ2v) is 6.83. The topological polar surface area (TPSA) is 87.5 Å². The highest BCUT2D eigenvalue weighted by Gasteiger charge is 2.53. The second-order valence-electron chi connectivity index (χ2n) is 6.83. The Balaban J connectivity index is 1.50. The minimum atomic E-state index is -0.820. The van der Waals surface area contributed by atoms with Crippen molar-refractivity contribution in [3.63, 3.8) is 0 Å². The highest BCUT2D eigenvalue weighted by atomic mass is 16.2. The number of urea groups is 1. The summed E-state index contributed by atoms with van der Waals surface area (Å²) in [5, 5.41) is 6.60. The maximum Gasteiger partial charge on any atom is 0.325 e. The molecule has 0 radical (unpaired) electrons. The summed E-state index contributed by atoms with van der Waals surface area (Å²) in [4.78, 5) is 40.6. The Morgan fingerprint density at radius 2 is 2.00 bits per heavy atom. The van der Waals surface area contributed by atoms with E-state index in [4.69, 9.17) is 0 Å². The predicted molar refractivity (Wildman–Crippen MR) is 97.4 cm³/mol. The molecule has 0 bridgehead atoms. The van der Waals surface area contributed by atoms with Gasteiger partial charge in [0.2, 0.25) is 0 Å². The Labute approximate surface area is 156 Å². The third kappa shape index (κ3) is 2.77. The fourth-order valence-electron chi connectivity index (χ4n) is 4.01. The molecule has 1 aromatic heterocycles. The molecule has 0 aliphatic carbocycles. The molecular formula is C19H21N5O3. The van der Waals surface area contributed by atoms with Gasteiger partial charge in [-0.1, -0.05) is 6.07 Å². The lowest BCUT2D eigenvalue weighted by molar-refractivity contribution is -0.128. The van der Waals surface area contributed by atoms with Crippen LogP contribution in [0, 0.1) is 0 Å². The molecule has 0 atom stereocenters. The van der Waals surface area contributed by atoms with Crippen molar-refractivity contribution < 1.29 is 14.4 Å². The van der Waals surface area contributed by atoms with Crippen LogP contribution in [0.4, 0.5) is 4.79 Å². The Morgan fingerprint density at radius 1 is 1.22 bits per heavy atom. The van der Waals surface area contributed by atoms with Crippen molar-refractivity contribution in [1.29, 1.82) is 0 Å². The van der Waals surface area contributed by atoms with Gasteiger partial charge in [-0.25, -0.2) is 9.48 Å². The molecule has 2 aliphatic rings. The number of nitrogens with zero attached hydrogens (tertiary/aromatic N) is 4. The predicted octanol–water partition coefficient (Wildman–Crippen LogP) is 1.42. The second kappa shape index (κ2) is 6.53. The number of aromatic nitrogens is 2. The zero-order valence-electron chi connectivity index (χ0n) is 15.1. The summed E-state index contributed by atoms with van der Waals surface area (Å²) in [5.41, 5.74) is 0.579. The summed E-state index contributed by atoms with van der Waals surface area (Å²) >= 11 is 0. The zero-order chi connectivity index (χ0) is 19.0. The van der Waals surface area contributed by atoms with E-state index in [1.54, 1.807) is 26.7 Å². The summed E-state index contributed by atoms with van der Waals surface area (Å²) in [6.45, 7) is 3.19. The highest BCUT2D eigenvalue weighted by Crippen LogP contribution is 2.33. The first-order valence-corrected chi connectivity index (χ1v) is 9.07. The van der Waals surface area contributed by atoms with Crippen LogP contribution in [0.15, 0.2) is 42.7 Å². The van der Waals surface area contributed by atoms with Gasteiger partial charge < -0.3 is 9.80 Å². The number of hydrogen-bond acceptors (Lipinski definition) is 4. The number of piperidine rings is 1. The first-order valence-electron chi connectivity index (χ1n) is 9.07. The molecule has 0 unspecified atom stereocenters. The number of carbonyl (C=O) groups is 3. The van der Waals surface area contributed by atoms with E-state index in [1.165, 1.54) is 0 Å². The van der Waals surface area contributed by atoms with E-state index in [0.717, 1.165) is 5.69 Å². The van der Waals surface area contributed by atoms with E-state index in [1.807, 2.05) is 37.4 Å². The number of nitrogens with one attached hydrogen (secondary N) is 1. The van der Waals surface area contributed by atoms with Crippen LogP contribution in [0.25, 0.3) is 5.69 Å². The van der Waals surface area contributed by atoms with Crippen molar-refractivity contribution in [2.45, 2.75) is 25.3 Å². The number of benzene rings is 1. The van der Waals surface area contributed by atoms with E-state index in [2.05, 4.69) is 10.4 Å². The van der Waals surface area contributed by atoms with E-state index in [0.29, 0.717) is 38.0 Å². The molecule has 2 aromatic rings. The maximum absolute atomic E-state index is 12.9. The van der Waals surface area contributed by atoms with Gasteiger partial charge in [-0.3, -0.25) is 14.9 Å². The largest absolute Gasteiger partial charge is 0.338 e. The van der Waals surface area contributed by atoms with E-state index in [-0.39, 0.29) is 17.8 Å². The van der Waals surface area contributed by atoms with Gasteiger partial charge in [0, 0.05) is 37.6 Å². The summed E-state index contributed by atoms with van der Waals surface area (Å²) in [5.74, 6) is -0.325. The molecule has 1 N–H and O–H groups in total. The average molecular weight is 367 g/mol. The number of likely N-dealkylation sites (N-methyl/N-ethyl adjacent to an activating group) is 1.